The van der Waals surface area contributed by atoms with Gasteiger partial charge in [-0.15, -0.1) is 0 Å². The van der Waals surface area contributed by atoms with E-state index in [2.05, 4.69) is 11.4 Å². The van der Waals surface area contributed by atoms with Crippen LogP contribution in [0.5, 0.6) is 0 Å². The maximum atomic E-state index is 12.9. The number of nitrogens with two attached hydrogens (primary N) is 1. The van der Waals surface area contributed by atoms with Crippen molar-refractivity contribution in [3.63, 3.8) is 0 Å². The van der Waals surface area contributed by atoms with Crippen LogP contribution in [0.15, 0.2) is 42.5 Å². The van der Waals surface area contributed by atoms with E-state index < -0.39 is 0 Å². The summed E-state index contributed by atoms with van der Waals surface area (Å²) in [6, 6.07) is 13.9. The van der Waals surface area contributed by atoms with Gasteiger partial charge in [0.25, 0.3) is 0 Å². The molecule has 1 aliphatic carbocycles. The molecule has 3 amide bonds. The van der Waals surface area contributed by atoms with Crippen molar-refractivity contribution in [2.75, 3.05) is 18.4 Å². The molecule has 0 bridgehead atoms. The third kappa shape index (κ3) is 6.77. The van der Waals surface area contributed by atoms with E-state index in [0.29, 0.717) is 25.9 Å². The van der Waals surface area contributed by atoms with Crippen LogP contribution in [-0.2, 0) is 4.79 Å². The highest BCUT2D eigenvalue weighted by molar-refractivity contribution is 5.93. The Morgan fingerprint density at radius 3 is 2.45 bits per heavy atom. The molecule has 5 nitrogen and oxygen atoms in total. The predicted octanol–water partition coefficient (Wildman–Crippen LogP) is 5.30. The van der Waals surface area contributed by atoms with Crippen molar-refractivity contribution in [3.05, 3.63) is 42.5 Å². The van der Waals surface area contributed by atoms with Crippen LogP contribution in [0.3, 0.4) is 0 Å². The van der Waals surface area contributed by atoms with Gasteiger partial charge in [-0.05, 0) is 48.1 Å². The summed E-state index contributed by atoms with van der Waals surface area (Å²) in [5, 5.41) is 5.28. The van der Waals surface area contributed by atoms with E-state index in [-0.39, 0.29) is 11.9 Å². The minimum atomic E-state index is -0.318. The predicted molar refractivity (Wildman–Crippen MR) is 119 cm³/mol. The average molecular weight is 396 g/mol. The molecule has 2 aromatic rings. The van der Waals surface area contributed by atoms with Crippen molar-refractivity contribution in [1.82, 2.24) is 4.90 Å². The van der Waals surface area contributed by atoms with Gasteiger partial charge in [-0.2, -0.15) is 0 Å². The first-order valence-corrected chi connectivity index (χ1v) is 10.9. The maximum Gasteiger partial charge on any atom is 0.321 e. The van der Waals surface area contributed by atoms with E-state index in [4.69, 9.17) is 5.73 Å². The SMILES string of the molecule is NC(=O)CCCN(CCCC1CCCCC1)C(=O)Nc1ccc2ccccc2c1. The van der Waals surface area contributed by atoms with E-state index in [0.717, 1.165) is 28.8 Å². The van der Waals surface area contributed by atoms with Gasteiger partial charge in [0.15, 0.2) is 0 Å². The molecule has 1 saturated carbocycles. The van der Waals surface area contributed by atoms with E-state index in [1.165, 1.54) is 38.5 Å². The van der Waals surface area contributed by atoms with Crippen molar-refractivity contribution in [2.45, 2.75) is 57.8 Å². The zero-order chi connectivity index (χ0) is 20.5. The van der Waals surface area contributed by atoms with E-state index in [9.17, 15) is 9.59 Å². The molecule has 0 aromatic heterocycles. The van der Waals surface area contributed by atoms with Crippen LogP contribution < -0.4 is 11.1 Å². The number of carbonyl (C=O) groups excluding carboxylic acids is 2. The Labute approximate surface area is 173 Å². The van der Waals surface area contributed by atoms with Crippen molar-refractivity contribution in [3.8, 4) is 0 Å². The Hall–Kier alpha value is -2.56. The lowest BCUT2D eigenvalue weighted by Gasteiger charge is -2.26. The summed E-state index contributed by atoms with van der Waals surface area (Å²) in [5.41, 5.74) is 6.06. The molecule has 3 N–H and O–H groups in total. The van der Waals surface area contributed by atoms with Gasteiger partial charge in [0, 0.05) is 25.2 Å². The Morgan fingerprint density at radius 2 is 1.69 bits per heavy atom. The molecule has 1 fully saturated rings. The van der Waals surface area contributed by atoms with Gasteiger partial charge in [0.05, 0.1) is 0 Å². The molecule has 156 valence electrons. The Kier molecular flexibility index (Phi) is 7.91. The van der Waals surface area contributed by atoms with E-state index >= 15 is 0 Å². The highest BCUT2D eigenvalue weighted by atomic mass is 16.2. The molecule has 0 spiro atoms. The molecule has 3 rings (SSSR count). The number of amides is 3. The zero-order valence-electron chi connectivity index (χ0n) is 17.2. The minimum Gasteiger partial charge on any atom is -0.370 e. The summed E-state index contributed by atoms with van der Waals surface area (Å²) in [4.78, 5) is 25.8. The van der Waals surface area contributed by atoms with Gasteiger partial charge in [0.2, 0.25) is 5.91 Å². The summed E-state index contributed by atoms with van der Waals surface area (Å²) in [6.07, 6.45) is 9.79. The number of hydrogen-bond acceptors (Lipinski definition) is 2. The first kappa shape index (κ1) is 21.2. The van der Waals surface area contributed by atoms with Crippen molar-refractivity contribution < 1.29 is 9.59 Å². The van der Waals surface area contributed by atoms with E-state index in [1.807, 2.05) is 41.3 Å². The maximum absolute atomic E-state index is 12.9. The minimum absolute atomic E-state index is 0.103. The summed E-state index contributed by atoms with van der Waals surface area (Å²) in [7, 11) is 0. The molecule has 0 heterocycles. The number of benzene rings is 2. The molecule has 29 heavy (non-hydrogen) atoms. The monoisotopic (exact) mass is 395 g/mol. The Balaban J connectivity index is 1.57. The highest BCUT2D eigenvalue weighted by Crippen LogP contribution is 2.27. The van der Waals surface area contributed by atoms with Crippen LogP contribution in [0.4, 0.5) is 10.5 Å². The lowest BCUT2D eigenvalue weighted by atomic mass is 9.86. The largest absolute Gasteiger partial charge is 0.370 e. The smallest absolute Gasteiger partial charge is 0.321 e. The Bertz CT molecular complexity index is 815. The van der Waals surface area contributed by atoms with Gasteiger partial charge in [-0.25, -0.2) is 4.79 Å². The second kappa shape index (κ2) is 10.8. The lowest BCUT2D eigenvalue weighted by Crippen LogP contribution is -2.37. The number of urea groups is 1. The summed E-state index contributed by atoms with van der Waals surface area (Å²) in [6.45, 7) is 1.27. The fourth-order valence-electron chi connectivity index (χ4n) is 4.28. The second-order valence-electron chi connectivity index (χ2n) is 8.20. The summed E-state index contributed by atoms with van der Waals surface area (Å²) >= 11 is 0. The van der Waals surface area contributed by atoms with Crippen molar-refractivity contribution in [2.24, 2.45) is 11.7 Å². The molecular formula is C24H33N3O2. The molecule has 0 atom stereocenters. The van der Waals surface area contributed by atoms with Crippen LogP contribution >= 0.6 is 0 Å². The molecule has 2 aromatic carbocycles. The lowest BCUT2D eigenvalue weighted by molar-refractivity contribution is -0.118. The number of primary amides is 1. The second-order valence-corrected chi connectivity index (χ2v) is 8.20. The quantitative estimate of drug-likeness (QED) is 0.604. The van der Waals surface area contributed by atoms with Crippen molar-refractivity contribution in [1.29, 1.82) is 0 Å². The van der Waals surface area contributed by atoms with Gasteiger partial charge < -0.3 is 16.0 Å². The molecule has 5 heteroatoms. The van der Waals surface area contributed by atoms with Gasteiger partial charge >= 0.3 is 6.03 Å². The molecule has 0 saturated heterocycles. The summed E-state index contributed by atoms with van der Waals surface area (Å²) < 4.78 is 0. The third-order valence-electron chi connectivity index (χ3n) is 5.90. The molecule has 1 aliphatic rings. The van der Waals surface area contributed by atoms with Crippen LogP contribution in [-0.4, -0.2) is 29.9 Å². The number of rotatable bonds is 9. The van der Waals surface area contributed by atoms with Crippen LogP contribution in [0.1, 0.15) is 57.8 Å². The number of hydrogen-bond donors (Lipinski definition) is 2. The fourth-order valence-corrected chi connectivity index (χ4v) is 4.28. The van der Waals surface area contributed by atoms with Crippen molar-refractivity contribution >= 4 is 28.4 Å². The van der Waals surface area contributed by atoms with Crippen LogP contribution in [0, 0.1) is 5.92 Å². The first-order valence-electron chi connectivity index (χ1n) is 10.9. The zero-order valence-corrected chi connectivity index (χ0v) is 17.2. The first-order chi connectivity index (χ1) is 14.1. The molecular weight excluding hydrogens is 362 g/mol. The summed E-state index contributed by atoms with van der Waals surface area (Å²) in [5.74, 6) is 0.488. The number of nitrogens with one attached hydrogen (secondary N) is 1. The van der Waals surface area contributed by atoms with Crippen LogP contribution in [0.25, 0.3) is 10.8 Å². The number of carbonyl (C=O) groups is 2. The van der Waals surface area contributed by atoms with Gasteiger partial charge in [-0.1, -0.05) is 62.4 Å². The molecule has 0 aliphatic heterocycles. The highest BCUT2D eigenvalue weighted by Gasteiger charge is 2.17. The van der Waals surface area contributed by atoms with Crippen LogP contribution in [0.2, 0.25) is 0 Å². The average Bonchev–Trinajstić information content (AvgIpc) is 2.73. The fraction of sp³-hybridized carbons (Fsp3) is 0.500. The molecule has 0 unspecified atom stereocenters. The standard InChI is InChI=1S/C24H33N3O2/c25-23(28)13-7-17-27(16-6-10-19-8-2-1-3-9-19)24(29)26-22-15-14-20-11-4-5-12-21(20)18-22/h4-5,11-12,14-15,18-19H,1-3,6-10,13,16-17H2,(H2,25,28)(H,26,29). The Morgan fingerprint density at radius 1 is 0.966 bits per heavy atom. The normalized spacial score (nSPS) is 14.6. The van der Waals surface area contributed by atoms with E-state index in [1.54, 1.807) is 0 Å². The number of anilines is 1. The van der Waals surface area contributed by atoms with Gasteiger partial charge in [-0.3, -0.25) is 4.79 Å². The number of nitrogens with zero attached hydrogens (tertiary/aromatic N) is 1. The third-order valence-corrected chi connectivity index (χ3v) is 5.90. The topological polar surface area (TPSA) is 75.4 Å². The number of fused-ring (bicyclic) bond motifs is 1. The molecule has 0 radical (unpaired) electrons. The van der Waals surface area contributed by atoms with Gasteiger partial charge in [0.1, 0.15) is 0 Å².